The van der Waals surface area contributed by atoms with Crippen LogP contribution in [-0.4, -0.2) is 15.0 Å². The van der Waals surface area contributed by atoms with Crippen LogP contribution in [-0.2, 0) is 0 Å². The number of aromatic nitrogens is 3. The average molecular weight is 425 g/mol. The van der Waals surface area contributed by atoms with E-state index in [2.05, 4.69) is 26.3 Å². The van der Waals surface area contributed by atoms with Crippen molar-refractivity contribution in [2.24, 2.45) is 0 Å². The summed E-state index contributed by atoms with van der Waals surface area (Å²) in [6.45, 7) is 13.9. The summed E-state index contributed by atoms with van der Waals surface area (Å²) in [4.78, 5) is 12.7. The Labute approximate surface area is 184 Å². The molecule has 2 heterocycles. The molecule has 2 aromatic carbocycles. The van der Waals surface area contributed by atoms with Crippen LogP contribution in [0.1, 0.15) is 47.1 Å². The fraction of sp³-hybridized carbons (Fsp3) is 0.292. The van der Waals surface area contributed by atoms with Crippen molar-refractivity contribution in [3.05, 3.63) is 66.6 Å². The summed E-state index contributed by atoms with van der Waals surface area (Å²) in [7, 11) is 0. The van der Waals surface area contributed by atoms with Crippen molar-refractivity contribution in [2.75, 3.05) is 5.32 Å². The van der Waals surface area contributed by atoms with Crippen LogP contribution in [0, 0.1) is 6.92 Å². The molecule has 0 unspecified atom stereocenters. The van der Waals surface area contributed by atoms with Gasteiger partial charge in [-0.1, -0.05) is 65.0 Å². The minimum absolute atomic E-state index is 0.567. The summed E-state index contributed by atoms with van der Waals surface area (Å²) in [5, 5.41) is 4.19. The molecule has 0 fully saturated rings. The van der Waals surface area contributed by atoms with E-state index in [-0.39, 0.29) is 0 Å². The van der Waals surface area contributed by atoms with Crippen LogP contribution in [0.3, 0.4) is 0 Å². The predicted molar refractivity (Wildman–Crippen MR) is 130 cm³/mol. The highest BCUT2D eigenvalue weighted by molar-refractivity contribution is 7.22. The smallest absolute Gasteiger partial charge is 0.225 e. The fourth-order valence-electron chi connectivity index (χ4n) is 2.26. The second-order valence-electron chi connectivity index (χ2n) is 5.25. The Kier molecular flexibility index (Phi) is 11.7. The second-order valence-corrected chi connectivity index (χ2v) is 6.28. The highest BCUT2D eigenvalue weighted by atomic mass is 32.1. The number of anilines is 2. The molecular weight excluding hydrogens is 392 g/mol. The van der Waals surface area contributed by atoms with E-state index in [1.807, 2.05) is 90.9 Å². The number of nitrogens with one attached hydrogen (secondary N) is 1. The van der Waals surface area contributed by atoms with E-state index in [0.717, 1.165) is 27.6 Å². The lowest BCUT2D eigenvalue weighted by molar-refractivity contribution is 0.457. The van der Waals surface area contributed by atoms with Crippen molar-refractivity contribution < 1.29 is 4.74 Å². The minimum atomic E-state index is 0.567. The quantitative estimate of drug-likeness (QED) is 0.359. The fourth-order valence-corrected chi connectivity index (χ4v) is 3.15. The number of rotatable bonds is 4. The molecule has 0 atom stereocenters. The predicted octanol–water partition coefficient (Wildman–Crippen LogP) is 8.01. The number of hydrogen-bond acceptors (Lipinski definition) is 6. The summed E-state index contributed by atoms with van der Waals surface area (Å²) in [6, 6.07) is 15.8. The highest BCUT2D eigenvalue weighted by Crippen LogP contribution is 2.29. The van der Waals surface area contributed by atoms with Crippen molar-refractivity contribution in [1.82, 2.24) is 15.0 Å². The van der Waals surface area contributed by atoms with Gasteiger partial charge in [0.2, 0.25) is 5.88 Å². The van der Waals surface area contributed by atoms with Gasteiger partial charge in [-0.15, -0.1) is 0 Å². The molecule has 0 bridgehead atoms. The van der Waals surface area contributed by atoms with Crippen LogP contribution < -0.4 is 10.1 Å². The SMILES string of the molecule is CC.CC.CC.Cc1cncnc1Oc1ccc(Nc2nc3ccccc3s2)cc1. The number of fused-ring (bicyclic) bond motifs is 1. The number of benzene rings is 2. The van der Waals surface area contributed by atoms with Crippen molar-refractivity contribution >= 4 is 32.4 Å². The van der Waals surface area contributed by atoms with Crippen LogP contribution in [0.2, 0.25) is 0 Å². The van der Waals surface area contributed by atoms with Gasteiger partial charge in [0.1, 0.15) is 12.1 Å². The molecule has 0 saturated carbocycles. The minimum Gasteiger partial charge on any atom is -0.439 e. The van der Waals surface area contributed by atoms with Crippen LogP contribution in [0.5, 0.6) is 11.6 Å². The third-order valence-corrected chi connectivity index (χ3v) is 4.41. The highest BCUT2D eigenvalue weighted by Gasteiger charge is 2.05. The van der Waals surface area contributed by atoms with Crippen LogP contribution in [0.4, 0.5) is 10.8 Å². The van der Waals surface area contributed by atoms with Gasteiger partial charge in [-0.25, -0.2) is 15.0 Å². The number of ether oxygens (including phenoxy) is 1. The van der Waals surface area contributed by atoms with Crippen molar-refractivity contribution in [2.45, 2.75) is 48.5 Å². The van der Waals surface area contributed by atoms with Crippen molar-refractivity contribution in [3.63, 3.8) is 0 Å². The van der Waals surface area contributed by atoms with E-state index in [0.29, 0.717) is 5.88 Å². The summed E-state index contributed by atoms with van der Waals surface area (Å²) >= 11 is 1.63. The second kappa shape index (κ2) is 14.1. The van der Waals surface area contributed by atoms with Crippen LogP contribution in [0.15, 0.2) is 61.1 Å². The molecule has 5 nitrogen and oxygen atoms in total. The molecule has 4 aromatic rings. The summed E-state index contributed by atoms with van der Waals surface area (Å²) in [5.41, 5.74) is 2.86. The molecule has 6 heteroatoms. The van der Waals surface area contributed by atoms with Crippen LogP contribution in [0.25, 0.3) is 10.2 Å². The molecule has 0 radical (unpaired) electrons. The van der Waals surface area contributed by atoms with Gasteiger partial charge in [0.25, 0.3) is 0 Å². The van der Waals surface area contributed by atoms with Crippen molar-refractivity contribution in [1.29, 1.82) is 0 Å². The first-order chi connectivity index (χ1) is 14.8. The molecule has 0 amide bonds. The Hall–Kier alpha value is -2.99. The summed E-state index contributed by atoms with van der Waals surface area (Å²) < 4.78 is 6.94. The number of thiazole rings is 1. The molecule has 1 N–H and O–H groups in total. The molecule has 4 rings (SSSR count). The van der Waals surface area contributed by atoms with Gasteiger partial charge < -0.3 is 10.1 Å². The molecule has 2 aromatic heterocycles. The Balaban J connectivity index is 0.000000691. The maximum atomic E-state index is 5.77. The van der Waals surface area contributed by atoms with E-state index >= 15 is 0 Å². The maximum absolute atomic E-state index is 5.77. The monoisotopic (exact) mass is 424 g/mol. The topological polar surface area (TPSA) is 59.9 Å². The van der Waals surface area contributed by atoms with Gasteiger partial charge in [-0.2, -0.15) is 0 Å². The van der Waals surface area contributed by atoms with E-state index in [4.69, 9.17) is 4.74 Å². The first-order valence-electron chi connectivity index (χ1n) is 10.4. The number of hydrogen-bond donors (Lipinski definition) is 1. The van der Waals surface area contributed by atoms with Gasteiger partial charge in [0.05, 0.1) is 10.2 Å². The van der Waals surface area contributed by atoms with Gasteiger partial charge in [-0.05, 0) is 43.3 Å². The first kappa shape index (κ1) is 25.0. The van der Waals surface area contributed by atoms with Gasteiger partial charge in [0, 0.05) is 17.4 Å². The Morgan fingerprint density at radius 1 is 0.867 bits per heavy atom. The standard InChI is InChI=1S/C18H14N4OS.3C2H6/c1-12-10-19-11-20-17(12)23-14-8-6-13(7-9-14)21-18-22-15-4-2-3-5-16(15)24-18;3*1-2/h2-11H,1H3,(H,21,22);3*1-2H3. The van der Waals surface area contributed by atoms with Crippen molar-refractivity contribution in [3.8, 4) is 11.6 Å². The number of nitrogens with zero attached hydrogens (tertiary/aromatic N) is 3. The third kappa shape index (κ3) is 7.12. The molecular formula is C24H32N4OS. The lowest BCUT2D eigenvalue weighted by Crippen LogP contribution is -1.93. The van der Waals surface area contributed by atoms with Gasteiger partial charge in [-0.3, -0.25) is 0 Å². The van der Waals surface area contributed by atoms with Gasteiger partial charge in [0.15, 0.2) is 5.13 Å². The number of aryl methyl sites for hydroxylation is 1. The summed E-state index contributed by atoms with van der Waals surface area (Å²) in [5.74, 6) is 1.29. The molecule has 160 valence electrons. The molecule has 30 heavy (non-hydrogen) atoms. The maximum Gasteiger partial charge on any atom is 0.225 e. The third-order valence-electron chi connectivity index (χ3n) is 3.46. The van der Waals surface area contributed by atoms with Gasteiger partial charge >= 0.3 is 0 Å². The molecule has 0 saturated heterocycles. The van der Waals surface area contributed by atoms with E-state index < -0.39 is 0 Å². The molecule has 0 aliphatic heterocycles. The summed E-state index contributed by atoms with van der Waals surface area (Å²) in [6.07, 6.45) is 3.21. The van der Waals surface area contributed by atoms with E-state index in [9.17, 15) is 0 Å². The Morgan fingerprint density at radius 3 is 2.17 bits per heavy atom. The molecule has 0 aliphatic carbocycles. The zero-order valence-electron chi connectivity index (χ0n) is 18.9. The van der Waals surface area contributed by atoms with E-state index in [1.165, 1.54) is 11.0 Å². The van der Waals surface area contributed by atoms with E-state index in [1.54, 1.807) is 17.5 Å². The Bertz CT molecular complexity index is 951. The molecule has 0 spiro atoms. The number of para-hydroxylation sites is 1. The Morgan fingerprint density at radius 2 is 1.53 bits per heavy atom. The van der Waals surface area contributed by atoms with Crippen LogP contribution >= 0.6 is 11.3 Å². The lowest BCUT2D eigenvalue weighted by atomic mass is 10.3. The average Bonchev–Trinajstić information content (AvgIpc) is 3.23. The normalized spacial score (nSPS) is 9.17. The lowest BCUT2D eigenvalue weighted by Gasteiger charge is -2.07. The zero-order valence-corrected chi connectivity index (χ0v) is 19.7. The zero-order chi connectivity index (χ0) is 22.4. The molecule has 0 aliphatic rings. The first-order valence-corrected chi connectivity index (χ1v) is 11.3. The largest absolute Gasteiger partial charge is 0.439 e.